The van der Waals surface area contributed by atoms with Crippen molar-refractivity contribution in [3.63, 3.8) is 0 Å². The number of alkyl halides is 2. The average Bonchev–Trinajstić information content (AvgIpc) is 3.01. The first-order valence-corrected chi connectivity index (χ1v) is 9.10. The molecule has 0 radical (unpaired) electrons. The summed E-state index contributed by atoms with van der Waals surface area (Å²) in [7, 11) is 0. The number of likely N-dealkylation sites (tertiary alicyclic amines) is 1. The Balaban J connectivity index is 1.64. The third kappa shape index (κ3) is 4.36. The molecule has 1 atom stereocenters. The molecule has 0 unspecified atom stereocenters. The van der Waals surface area contributed by atoms with Crippen molar-refractivity contribution >= 4 is 17.5 Å². The lowest BCUT2D eigenvalue weighted by atomic mass is 10.0. The van der Waals surface area contributed by atoms with Crippen LogP contribution in [-0.2, 0) is 4.79 Å². The molecule has 2 aliphatic rings. The van der Waals surface area contributed by atoms with Gasteiger partial charge in [0.2, 0.25) is 5.91 Å². The SMILES string of the molecule is N#C[C@@H]1CC(F)(F)CN1C(=O)CNC(=O)c1ccncc1N1CCC(N)CC1. The number of halogens is 2. The van der Waals surface area contributed by atoms with E-state index in [1.807, 2.05) is 4.90 Å². The van der Waals surface area contributed by atoms with Crippen molar-refractivity contribution in [1.82, 2.24) is 15.2 Å². The third-order valence-corrected chi connectivity index (χ3v) is 5.06. The van der Waals surface area contributed by atoms with E-state index in [1.165, 1.54) is 6.20 Å². The van der Waals surface area contributed by atoms with Crippen LogP contribution in [0.3, 0.4) is 0 Å². The summed E-state index contributed by atoms with van der Waals surface area (Å²) in [5.74, 6) is -4.30. The van der Waals surface area contributed by atoms with E-state index in [2.05, 4.69) is 10.3 Å². The molecule has 3 N–H and O–H groups in total. The lowest BCUT2D eigenvalue weighted by molar-refractivity contribution is -0.131. The fourth-order valence-electron chi connectivity index (χ4n) is 3.52. The molecule has 150 valence electrons. The second-order valence-corrected chi connectivity index (χ2v) is 7.13. The maximum Gasteiger partial charge on any atom is 0.268 e. The minimum atomic E-state index is -3.09. The Labute approximate surface area is 161 Å². The van der Waals surface area contributed by atoms with E-state index < -0.39 is 43.3 Å². The van der Waals surface area contributed by atoms with Crippen molar-refractivity contribution in [2.45, 2.75) is 37.3 Å². The smallest absolute Gasteiger partial charge is 0.268 e. The molecule has 0 aromatic carbocycles. The highest BCUT2D eigenvalue weighted by Crippen LogP contribution is 2.31. The van der Waals surface area contributed by atoms with Gasteiger partial charge in [-0.25, -0.2) is 8.78 Å². The summed E-state index contributed by atoms with van der Waals surface area (Å²) in [5.41, 5.74) is 6.91. The van der Waals surface area contributed by atoms with Gasteiger partial charge < -0.3 is 20.9 Å². The molecule has 8 nitrogen and oxygen atoms in total. The molecule has 2 aliphatic heterocycles. The topological polar surface area (TPSA) is 115 Å². The van der Waals surface area contributed by atoms with Gasteiger partial charge in [0.1, 0.15) is 6.04 Å². The van der Waals surface area contributed by atoms with Gasteiger partial charge in [-0.2, -0.15) is 5.26 Å². The molecule has 0 bridgehead atoms. The monoisotopic (exact) mass is 392 g/mol. The van der Waals surface area contributed by atoms with Gasteiger partial charge in [-0.1, -0.05) is 0 Å². The number of amides is 2. The number of anilines is 1. The quantitative estimate of drug-likeness (QED) is 0.771. The van der Waals surface area contributed by atoms with Crippen LogP contribution in [0.4, 0.5) is 14.5 Å². The van der Waals surface area contributed by atoms with Crippen LogP contribution < -0.4 is 16.0 Å². The number of aromatic nitrogens is 1. The maximum atomic E-state index is 13.5. The Bertz CT molecular complexity index is 789. The normalized spacial score (nSPS) is 22.0. The van der Waals surface area contributed by atoms with Gasteiger partial charge in [0.25, 0.3) is 11.8 Å². The van der Waals surface area contributed by atoms with Gasteiger partial charge in [-0.05, 0) is 18.9 Å². The van der Waals surface area contributed by atoms with Gasteiger partial charge in [0, 0.05) is 31.7 Å². The summed E-state index contributed by atoms with van der Waals surface area (Å²) in [6.07, 6.45) is 3.97. The lowest BCUT2D eigenvalue weighted by Crippen LogP contribution is -2.43. The molecule has 0 aliphatic carbocycles. The summed E-state index contributed by atoms with van der Waals surface area (Å²) in [6, 6.07) is 2.21. The Morgan fingerprint density at radius 3 is 2.79 bits per heavy atom. The fraction of sp³-hybridized carbons (Fsp3) is 0.556. The first-order chi connectivity index (χ1) is 13.3. The third-order valence-electron chi connectivity index (χ3n) is 5.06. The Morgan fingerprint density at radius 2 is 2.11 bits per heavy atom. The molecule has 0 saturated carbocycles. The van der Waals surface area contributed by atoms with E-state index in [0.29, 0.717) is 24.3 Å². The highest BCUT2D eigenvalue weighted by atomic mass is 19.3. The van der Waals surface area contributed by atoms with E-state index in [-0.39, 0.29) is 6.04 Å². The van der Waals surface area contributed by atoms with Crippen LogP contribution in [-0.4, -0.2) is 65.9 Å². The van der Waals surface area contributed by atoms with Crippen molar-refractivity contribution in [1.29, 1.82) is 5.26 Å². The van der Waals surface area contributed by atoms with Crippen molar-refractivity contribution in [2.75, 3.05) is 31.1 Å². The van der Waals surface area contributed by atoms with Crippen LogP contribution in [0.1, 0.15) is 29.6 Å². The van der Waals surface area contributed by atoms with Crippen LogP contribution in [0.2, 0.25) is 0 Å². The van der Waals surface area contributed by atoms with E-state index in [4.69, 9.17) is 11.0 Å². The number of hydrogen-bond donors (Lipinski definition) is 2. The van der Waals surface area contributed by atoms with E-state index in [0.717, 1.165) is 17.7 Å². The zero-order chi connectivity index (χ0) is 20.3. The average molecular weight is 392 g/mol. The number of carbonyl (C=O) groups excluding carboxylic acids is 2. The number of pyridine rings is 1. The minimum absolute atomic E-state index is 0.134. The number of rotatable bonds is 4. The van der Waals surface area contributed by atoms with E-state index >= 15 is 0 Å². The Morgan fingerprint density at radius 1 is 1.39 bits per heavy atom. The van der Waals surface area contributed by atoms with Gasteiger partial charge in [0.05, 0.1) is 36.6 Å². The molecule has 3 rings (SSSR count). The predicted molar refractivity (Wildman–Crippen MR) is 96.7 cm³/mol. The lowest BCUT2D eigenvalue weighted by Gasteiger charge is -2.32. The van der Waals surface area contributed by atoms with Crippen LogP contribution in [0.15, 0.2) is 18.5 Å². The standard InChI is InChI=1S/C18H22F2N6O2/c19-18(20)7-13(8-21)26(11-18)16(27)10-24-17(28)14-1-4-23-9-15(14)25-5-2-12(22)3-6-25/h1,4,9,12-13H,2-3,5-7,10-11,22H2,(H,24,28)/t13-/m0/s1. The summed E-state index contributed by atoms with van der Waals surface area (Å²) in [5, 5.41) is 11.5. The van der Waals surface area contributed by atoms with Crippen LogP contribution in [0.25, 0.3) is 0 Å². The van der Waals surface area contributed by atoms with Crippen molar-refractivity contribution in [3.8, 4) is 6.07 Å². The number of nitrogens with zero attached hydrogens (tertiary/aromatic N) is 4. The van der Waals surface area contributed by atoms with Gasteiger partial charge in [-0.15, -0.1) is 0 Å². The molecule has 0 spiro atoms. The van der Waals surface area contributed by atoms with Crippen molar-refractivity contribution in [2.24, 2.45) is 5.73 Å². The first kappa shape index (κ1) is 19.9. The number of carbonyl (C=O) groups is 2. The molecule has 1 aromatic heterocycles. The van der Waals surface area contributed by atoms with Gasteiger partial charge >= 0.3 is 0 Å². The highest BCUT2D eigenvalue weighted by molar-refractivity contribution is 6.01. The first-order valence-electron chi connectivity index (χ1n) is 9.10. The number of nitrogens with two attached hydrogens (primary N) is 1. The molecular formula is C18H22F2N6O2. The number of nitrogens with one attached hydrogen (secondary N) is 1. The molecular weight excluding hydrogens is 370 g/mol. The highest BCUT2D eigenvalue weighted by Gasteiger charge is 2.47. The van der Waals surface area contributed by atoms with Crippen molar-refractivity contribution < 1.29 is 18.4 Å². The largest absolute Gasteiger partial charge is 0.370 e. The second-order valence-electron chi connectivity index (χ2n) is 7.13. The van der Waals surface area contributed by atoms with Crippen LogP contribution in [0, 0.1) is 11.3 Å². The Hall–Kier alpha value is -2.80. The summed E-state index contributed by atoms with van der Waals surface area (Å²) in [6.45, 7) is 0.117. The fourth-order valence-corrected chi connectivity index (χ4v) is 3.52. The van der Waals surface area contributed by atoms with Crippen LogP contribution >= 0.6 is 0 Å². The van der Waals surface area contributed by atoms with Gasteiger partial charge in [0.15, 0.2) is 0 Å². The predicted octanol–water partition coefficient (Wildman–Crippen LogP) is 0.499. The number of piperidine rings is 1. The molecule has 2 fully saturated rings. The number of hydrogen-bond acceptors (Lipinski definition) is 6. The zero-order valence-electron chi connectivity index (χ0n) is 15.3. The molecule has 1 aromatic rings. The number of nitriles is 1. The molecule has 28 heavy (non-hydrogen) atoms. The summed E-state index contributed by atoms with van der Waals surface area (Å²) < 4.78 is 27.0. The van der Waals surface area contributed by atoms with E-state index in [1.54, 1.807) is 18.3 Å². The minimum Gasteiger partial charge on any atom is -0.370 e. The zero-order valence-corrected chi connectivity index (χ0v) is 15.3. The molecule has 2 saturated heterocycles. The summed E-state index contributed by atoms with van der Waals surface area (Å²) >= 11 is 0. The molecule has 2 amide bonds. The Kier molecular flexibility index (Phi) is 5.74. The van der Waals surface area contributed by atoms with Crippen molar-refractivity contribution in [3.05, 3.63) is 24.0 Å². The van der Waals surface area contributed by atoms with E-state index in [9.17, 15) is 18.4 Å². The maximum absolute atomic E-state index is 13.5. The van der Waals surface area contributed by atoms with Crippen LogP contribution in [0.5, 0.6) is 0 Å². The molecule has 10 heteroatoms. The van der Waals surface area contributed by atoms with Gasteiger partial charge in [-0.3, -0.25) is 14.6 Å². The second kappa shape index (κ2) is 8.06. The summed E-state index contributed by atoms with van der Waals surface area (Å²) in [4.78, 5) is 31.7. The molecule has 3 heterocycles.